The van der Waals surface area contributed by atoms with Crippen molar-refractivity contribution >= 4 is 6.03 Å². The van der Waals surface area contributed by atoms with E-state index < -0.39 is 0 Å². The fraction of sp³-hybridized carbons (Fsp3) is 0.438. The van der Waals surface area contributed by atoms with Gasteiger partial charge in [-0.1, -0.05) is 5.16 Å². The van der Waals surface area contributed by atoms with E-state index in [0.29, 0.717) is 25.3 Å². The standard InChI is InChI=1S/C16H22N4O3/c1-11(9-15-12(2)20-23-13(15)3)19-16(21)18-7-8-22-14-5-4-6-17-10-14/h4-6,10-11H,7-9H2,1-3H3,(H2,18,19,21). The molecule has 0 bridgehead atoms. The maximum atomic E-state index is 11.8. The molecule has 0 aliphatic carbocycles. The smallest absolute Gasteiger partial charge is 0.315 e. The van der Waals surface area contributed by atoms with E-state index in [2.05, 4.69) is 20.8 Å². The Labute approximate surface area is 135 Å². The molecule has 1 unspecified atom stereocenters. The van der Waals surface area contributed by atoms with E-state index in [1.54, 1.807) is 18.5 Å². The van der Waals surface area contributed by atoms with Gasteiger partial charge in [-0.05, 0) is 39.3 Å². The predicted octanol–water partition coefficient (Wildman–Crippen LogP) is 2.00. The van der Waals surface area contributed by atoms with E-state index in [9.17, 15) is 4.79 Å². The maximum absolute atomic E-state index is 11.8. The number of carbonyl (C=O) groups excluding carboxylic acids is 1. The van der Waals surface area contributed by atoms with Gasteiger partial charge in [0.1, 0.15) is 18.1 Å². The fourth-order valence-electron chi connectivity index (χ4n) is 2.19. The van der Waals surface area contributed by atoms with Crippen LogP contribution in [0.3, 0.4) is 0 Å². The van der Waals surface area contributed by atoms with Crippen LogP contribution >= 0.6 is 0 Å². The van der Waals surface area contributed by atoms with E-state index in [0.717, 1.165) is 17.0 Å². The molecule has 2 amide bonds. The number of aromatic nitrogens is 2. The quantitative estimate of drug-likeness (QED) is 0.762. The molecule has 2 aromatic rings. The lowest BCUT2D eigenvalue weighted by atomic mass is 10.1. The van der Waals surface area contributed by atoms with Gasteiger partial charge in [-0.2, -0.15) is 0 Å². The summed E-state index contributed by atoms with van der Waals surface area (Å²) in [4.78, 5) is 15.8. The summed E-state index contributed by atoms with van der Waals surface area (Å²) in [6, 6.07) is 3.37. The van der Waals surface area contributed by atoms with Gasteiger partial charge in [-0.25, -0.2) is 4.79 Å². The molecule has 0 aromatic carbocycles. The first kappa shape index (κ1) is 16.8. The number of pyridine rings is 1. The van der Waals surface area contributed by atoms with Crippen LogP contribution in [0.4, 0.5) is 4.79 Å². The molecular formula is C16H22N4O3. The molecule has 7 heteroatoms. The zero-order valence-corrected chi connectivity index (χ0v) is 13.6. The molecule has 23 heavy (non-hydrogen) atoms. The molecule has 0 fully saturated rings. The summed E-state index contributed by atoms with van der Waals surface area (Å²) >= 11 is 0. The molecule has 0 aliphatic rings. The number of rotatable bonds is 7. The molecule has 1 atom stereocenters. The monoisotopic (exact) mass is 318 g/mol. The second-order valence-corrected chi connectivity index (χ2v) is 5.35. The third-order valence-corrected chi connectivity index (χ3v) is 3.36. The van der Waals surface area contributed by atoms with Crippen LogP contribution in [0, 0.1) is 13.8 Å². The highest BCUT2D eigenvalue weighted by Gasteiger charge is 2.14. The lowest BCUT2D eigenvalue weighted by Gasteiger charge is -2.14. The van der Waals surface area contributed by atoms with E-state index in [1.165, 1.54) is 0 Å². The molecule has 0 radical (unpaired) electrons. The maximum Gasteiger partial charge on any atom is 0.315 e. The highest BCUT2D eigenvalue weighted by molar-refractivity contribution is 5.74. The van der Waals surface area contributed by atoms with Gasteiger partial charge in [0.2, 0.25) is 0 Å². The molecular weight excluding hydrogens is 296 g/mol. The van der Waals surface area contributed by atoms with Gasteiger partial charge < -0.3 is 19.9 Å². The van der Waals surface area contributed by atoms with Gasteiger partial charge in [-0.15, -0.1) is 0 Å². The van der Waals surface area contributed by atoms with Crippen molar-refractivity contribution in [3.05, 3.63) is 41.5 Å². The summed E-state index contributed by atoms with van der Waals surface area (Å²) in [5.41, 5.74) is 1.90. The zero-order valence-electron chi connectivity index (χ0n) is 13.6. The van der Waals surface area contributed by atoms with E-state index >= 15 is 0 Å². The highest BCUT2D eigenvalue weighted by Crippen LogP contribution is 2.14. The van der Waals surface area contributed by atoms with Gasteiger partial charge >= 0.3 is 6.03 Å². The van der Waals surface area contributed by atoms with Crippen LogP contribution in [0.5, 0.6) is 5.75 Å². The van der Waals surface area contributed by atoms with Crippen molar-refractivity contribution in [3.8, 4) is 5.75 Å². The van der Waals surface area contributed by atoms with Crippen LogP contribution in [-0.2, 0) is 6.42 Å². The fourth-order valence-corrected chi connectivity index (χ4v) is 2.19. The van der Waals surface area contributed by atoms with Crippen LogP contribution in [-0.4, -0.2) is 35.4 Å². The molecule has 7 nitrogen and oxygen atoms in total. The van der Waals surface area contributed by atoms with Crippen molar-refractivity contribution in [2.75, 3.05) is 13.2 Å². The molecule has 2 N–H and O–H groups in total. The molecule has 0 saturated carbocycles. The molecule has 0 saturated heterocycles. The summed E-state index contributed by atoms with van der Waals surface area (Å²) in [5.74, 6) is 1.47. The SMILES string of the molecule is Cc1noc(C)c1CC(C)NC(=O)NCCOc1cccnc1. The summed E-state index contributed by atoms with van der Waals surface area (Å²) in [5, 5.41) is 9.55. The Balaban J connectivity index is 1.66. The van der Waals surface area contributed by atoms with Crippen LogP contribution in [0.15, 0.2) is 29.0 Å². The Morgan fingerprint density at radius 3 is 2.91 bits per heavy atom. The largest absolute Gasteiger partial charge is 0.490 e. The van der Waals surface area contributed by atoms with Crippen molar-refractivity contribution in [3.63, 3.8) is 0 Å². The topological polar surface area (TPSA) is 89.3 Å². The van der Waals surface area contributed by atoms with Crippen molar-refractivity contribution in [2.24, 2.45) is 0 Å². The van der Waals surface area contributed by atoms with Gasteiger partial charge in [-0.3, -0.25) is 4.98 Å². The molecule has 2 rings (SSSR count). The van der Waals surface area contributed by atoms with Crippen LogP contribution in [0.2, 0.25) is 0 Å². The predicted molar refractivity (Wildman–Crippen MR) is 85.4 cm³/mol. The van der Waals surface area contributed by atoms with Crippen LogP contribution < -0.4 is 15.4 Å². The number of ether oxygens (including phenoxy) is 1. The normalized spacial score (nSPS) is 11.8. The third kappa shape index (κ3) is 5.28. The molecule has 2 aromatic heterocycles. The lowest BCUT2D eigenvalue weighted by Crippen LogP contribution is -2.43. The van der Waals surface area contributed by atoms with E-state index in [1.807, 2.05) is 26.8 Å². The van der Waals surface area contributed by atoms with Gasteiger partial charge in [0, 0.05) is 17.8 Å². The van der Waals surface area contributed by atoms with Gasteiger partial charge in [0.25, 0.3) is 0 Å². The number of amides is 2. The number of hydrogen-bond acceptors (Lipinski definition) is 5. The van der Waals surface area contributed by atoms with Gasteiger partial charge in [0.05, 0.1) is 18.4 Å². The lowest BCUT2D eigenvalue weighted by molar-refractivity contribution is 0.233. The van der Waals surface area contributed by atoms with Crippen molar-refractivity contribution in [1.29, 1.82) is 0 Å². The average Bonchev–Trinajstić information content (AvgIpc) is 2.84. The molecule has 124 valence electrons. The number of carbonyl (C=O) groups is 1. The number of urea groups is 1. The molecule has 2 heterocycles. The van der Waals surface area contributed by atoms with Crippen molar-refractivity contribution < 1.29 is 14.1 Å². The molecule has 0 aliphatic heterocycles. The Morgan fingerprint density at radius 1 is 1.43 bits per heavy atom. The number of nitrogens with one attached hydrogen (secondary N) is 2. The third-order valence-electron chi connectivity index (χ3n) is 3.36. The van der Waals surface area contributed by atoms with E-state index in [-0.39, 0.29) is 12.1 Å². The first-order valence-corrected chi connectivity index (χ1v) is 7.55. The zero-order chi connectivity index (χ0) is 16.7. The average molecular weight is 318 g/mol. The Hall–Kier alpha value is -2.57. The first-order chi connectivity index (χ1) is 11.1. The van der Waals surface area contributed by atoms with Crippen LogP contribution in [0.25, 0.3) is 0 Å². The Bertz CT molecular complexity index is 608. The second-order valence-electron chi connectivity index (χ2n) is 5.35. The number of aryl methyl sites for hydroxylation is 2. The minimum atomic E-state index is -0.223. The summed E-state index contributed by atoms with van der Waals surface area (Å²) in [6.07, 6.45) is 3.99. The van der Waals surface area contributed by atoms with Crippen molar-refractivity contribution in [1.82, 2.24) is 20.8 Å². The van der Waals surface area contributed by atoms with E-state index in [4.69, 9.17) is 9.26 Å². The van der Waals surface area contributed by atoms with Crippen LogP contribution in [0.1, 0.15) is 23.9 Å². The number of hydrogen-bond donors (Lipinski definition) is 2. The molecule has 0 spiro atoms. The first-order valence-electron chi connectivity index (χ1n) is 7.55. The minimum Gasteiger partial charge on any atom is -0.490 e. The summed E-state index contributed by atoms with van der Waals surface area (Å²) in [6.45, 7) is 6.51. The summed E-state index contributed by atoms with van der Waals surface area (Å²) in [7, 11) is 0. The minimum absolute atomic E-state index is 0.0222. The Kier molecular flexibility index (Phi) is 5.96. The highest BCUT2D eigenvalue weighted by atomic mass is 16.5. The van der Waals surface area contributed by atoms with Gasteiger partial charge in [0.15, 0.2) is 0 Å². The van der Waals surface area contributed by atoms with Crippen molar-refractivity contribution in [2.45, 2.75) is 33.2 Å². The second kappa shape index (κ2) is 8.17. The summed E-state index contributed by atoms with van der Waals surface area (Å²) < 4.78 is 10.6. The Morgan fingerprint density at radius 2 is 2.26 bits per heavy atom. The number of nitrogens with zero attached hydrogens (tertiary/aromatic N) is 2.